The van der Waals surface area contributed by atoms with Crippen molar-refractivity contribution < 1.29 is 5.11 Å². The second-order valence-electron chi connectivity index (χ2n) is 2.67. The van der Waals surface area contributed by atoms with Gasteiger partial charge < -0.3 is 5.11 Å². The van der Waals surface area contributed by atoms with Crippen molar-refractivity contribution in [2.45, 2.75) is 32.3 Å². The zero-order valence-corrected chi connectivity index (χ0v) is 9.36. The van der Waals surface area contributed by atoms with Crippen LogP contribution in [0.25, 0.3) is 0 Å². The minimum atomic E-state index is -0.341. The van der Waals surface area contributed by atoms with E-state index in [-0.39, 0.29) is 6.10 Å². The maximum atomic E-state index is 9.66. The van der Waals surface area contributed by atoms with Gasteiger partial charge in [0.2, 0.25) is 0 Å². The summed E-state index contributed by atoms with van der Waals surface area (Å²) in [5, 5.41) is 9.66. The van der Waals surface area contributed by atoms with Crippen LogP contribution in [0.3, 0.4) is 0 Å². The molecule has 0 bridgehead atoms. The summed E-state index contributed by atoms with van der Waals surface area (Å²) in [7, 11) is 0. The third-order valence-corrected chi connectivity index (χ3v) is 3.51. The van der Waals surface area contributed by atoms with Crippen LogP contribution in [0.5, 0.6) is 0 Å². The van der Waals surface area contributed by atoms with E-state index in [1.54, 1.807) is 5.51 Å². The van der Waals surface area contributed by atoms with Crippen LogP contribution in [0.2, 0.25) is 0 Å². The molecule has 1 aromatic rings. The summed E-state index contributed by atoms with van der Waals surface area (Å²) in [6, 6.07) is 0. The quantitative estimate of drug-likeness (QED) is 0.890. The van der Waals surface area contributed by atoms with Crippen molar-refractivity contribution in [3.05, 3.63) is 15.0 Å². The SMILES string of the molecule is CCCCC(O)c1scnc1Br. The van der Waals surface area contributed by atoms with E-state index in [2.05, 4.69) is 27.8 Å². The minimum absolute atomic E-state index is 0.341. The highest BCUT2D eigenvalue weighted by Gasteiger charge is 2.12. The number of aliphatic hydroxyl groups is 1. The number of aliphatic hydroxyl groups excluding tert-OH is 1. The van der Waals surface area contributed by atoms with E-state index in [1.807, 2.05) is 0 Å². The number of rotatable bonds is 4. The van der Waals surface area contributed by atoms with Gasteiger partial charge in [-0.25, -0.2) is 4.98 Å². The first kappa shape index (κ1) is 10.2. The van der Waals surface area contributed by atoms with E-state index in [1.165, 1.54) is 11.3 Å². The lowest BCUT2D eigenvalue weighted by molar-refractivity contribution is 0.167. The molecule has 68 valence electrons. The van der Waals surface area contributed by atoms with Gasteiger partial charge in [0.25, 0.3) is 0 Å². The van der Waals surface area contributed by atoms with E-state index in [4.69, 9.17) is 0 Å². The zero-order chi connectivity index (χ0) is 8.97. The van der Waals surface area contributed by atoms with Gasteiger partial charge >= 0.3 is 0 Å². The van der Waals surface area contributed by atoms with Gasteiger partial charge in [0.1, 0.15) is 4.60 Å². The Labute approximate surface area is 84.8 Å². The number of hydrogen-bond donors (Lipinski definition) is 1. The predicted octanol–water partition coefficient (Wildman–Crippen LogP) is 3.13. The molecule has 0 amide bonds. The van der Waals surface area contributed by atoms with Crippen molar-refractivity contribution in [3.63, 3.8) is 0 Å². The average molecular weight is 250 g/mol. The van der Waals surface area contributed by atoms with Gasteiger partial charge in [-0.05, 0) is 22.4 Å². The van der Waals surface area contributed by atoms with Crippen molar-refractivity contribution in [3.8, 4) is 0 Å². The first-order valence-corrected chi connectivity index (χ1v) is 5.70. The van der Waals surface area contributed by atoms with Gasteiger partial charge in [-0.1, -0.05) is 19.8 Å². The smallest absolute Gasteiger partial charge is 0.122 e. The Balaban J connectivity index is 2.52. The first-order chi connectivity index (χ1) is 5.75. The summed E-state index contributed by atoms with van der Waals surface area (Å²) >= 11 is 4.80. The Morgan fingerprint density at radius 3 is 3.00 bits per heavy atom. The van der Waals surface area contributed by atoms with Gasteiger partial charge in [-0.2, -0.15) is 0 Å². The fourth-order valence-corrected chi connectivity index (χ4v) is 2.47. The normalized spacial score (nSPS) is 13.2. The molecule has 1 N–H and O–H groups in total. The Kier molecular flexibility index (Phi) is 4.18. The molecule has 0 aromatic carbocycles. The van der Waals surface area contributed by atoms with E-state index in [0.717, 1.165) is 28.7 Å². The highest BCUT2D eigenvalue weighted by Crippen LogP contribution is 2.29. The molecule has 1 rings (SSSR count). The van der Waals surface area contributed by atoms with Crippen LogP contribution < -0.4 is 0 Å². The molecule has 1 aromatic heterocycles. The van der Waals surface area contributed by atoms with Crippen molar-refractivity contribution >= 4 is 27.3 Å². The molecule has 2 nitrogen and oxygen atoms in total. The topological polar surface area (TPSA) is 33.1 Å². The molecule has 0 aliphatic carbocycles. The summed E-state index contributed by atoms with van der Waals surface area (Å²) in [6.45, 7) is 2.12. The third-order valence-electron chi connectivity index (χ3n) is 1.68. The average Bonchev–Trinajstić information content (AvgIpc) is 2.47. The molecule has 0 spiro atoms. The molecule has 1 heterocycles. The highest BCUT2D eigenvalue weighted by atomic mass is 79.9. The maximum Gasteiger partial charge on any atom is 0.122 e. The van der Waals surface area contributed by atoms with Crippen LogP contribution in [0.1, 0.15) is 37.2 Å². The van der Waals surface area contributed by atoms with Crippen molar-refractivity contribution in [2.75, 3.05) is 0 Å². The Morgan fingerprint density at radius 1 is 1.75 bits per heavy atom. The molecular weight excluding hydrogens is 238 g/mol. The van der Waals surface area contributed by atoms with Crippen LogP contribution in [-0.4, -0.2) is 10.1 Å². The van der Waals surface area contributed by atoms with Gasteiger partial charge in [-0.3, -0.25) is 0 Å². The second kappa shape index (κ2) is 4.94. The largest absolute Gasteiger partial charge is 0.387 e. The first-order valence-electron chi connectivity index (χ1n) is 4.02. The molecule has 0 fully saturated rings. The molecular formula is C8H12BrNOS. The Hall–Kier alpha value is 0.0700. The van der Waals surface area contributed by atoms with Crippen LogP contribution in [0.15, 0.2) is 10.1 Å². The minimum Gasteiger partial charge on any atom is -0.387 e. The van der Waals surface area contributed by atoms with Crippen molar-refractivity contribution in [1.29, 1.82) is 0 Å². The lowest BCUT2D eigenvalue weighted by atomic mass is 10.1. The molecule has 12 heavy (non-hydrogen) atoms. The lowest BCUT2D eigenvalue weighted by Gasteiger charge is -2.06. The molecule has 0 saturated carbocycles. The van der Waals surface area contributed by atoms with Gasteiger partial charge in [0.05, 0.1) is 16.5 Å². The summed E-state index contributed by atoms with van der Waals surface area (Å²) in [4.78, 5) is 4.97. The van der Waals surface area contributed by atoms with Crippen molar-refractivity contribution in [1.82, 2.24) is 4.98 Å². The number of hydrogen-bond acceptors (Lipinski definition) is 3. The van der Waals surface area contributed by atoms with Gasteiger partial charge in [0.15, 0.2) is 0 Å². The molecule has 0 saturated heterocycles. The fourth-order valence-electron chi connectivity index (χ4n) is 0.986. The molecule has 0 radical (unpaired) electrons. The fraction of sp³-hybridized carbons (Fsp3) is 0.625. The number of nitrogens with zero attached hydrogens (tertiary/aromatic N) is 1. The van der Waals surface area contributed by atoms with Gasteiger partial charge in [0, 0.05) is 0 Å². The van der Waals surface area contributed by atoms with Crippen LogP contribution in [0, 0.1) is 0 Å². The maximum absolute atomic E-state index is 9.66. The van der Waals surface area contributed by atoms with E-state index in [0.29, 0.717) is 0 Å². The number of unbranched alkanes of at least 4 members (excludes halogenated alkanes) is 1. The van der Waals surface area contributed by atoms with Crippen LogP contribution in [-0.2, 0) is 0 Å². The van der Waals surface area contributed by atoms with Crippen LogP contribution >= 0.6 is 27.3 Å². The monoisotopic (exact) mass is 249 g/mol. The predicted molar refractivity (Wildman–Crippen MR) is 54.3 cm³/mol. The Morgan fingerprint density at radius 2 is 2.50 bits per heavy atom. The lowest BCUT2D eigenvalue weighted by Crippen LogP contribution is -1.94. The second-order valence-corrected chi connectivity index (χ2v) is 4.30. The van der Waals surface area contributed by atoms with E-state index >= 15 is 0 Å². The van der Waals surface area contributed by atoms with E-state index < -0.39 is 0 Å². The van der Waals surface area contributed by atoms with Crippen LogP contribution in [0.4, 0.5) is 0 Å². The summed E-state index contributed by atoms with van der Waals surface area (Å²) < 4.78 is 0.788. The number of aromatic nitrogens is 1. The molecule has 4 heteroatoms. The standard InChI is InChI=1S/C8H12BrNOS/c1-2-3-4-6(11)7-8(9)10-5-12-7/h5-6,11H,2-4H2,1H3. The van der Waals surface area contributed by atoms with E-state index in [9.17, 15) is 5.11 Å². The summed E-state index contributed by atoms with van der Waals surface area (Å²) in [5.41, 5.74) is 1.74. The zero-order valence-electron chi connectivity index (χ0n) is 6.96. The van der Waals surface area contributed by atoms with Gasteiger partial charge in [-0.15, -0.1) is 11.3 Å². The highest BCUT2D eigenvalue weighted by molar-refractivity contribution is 9.10. The number of halogens is 1. The van der Waals surface area contributed by atoms with Crippen molar-refractivity contribution in [2.24, 2.45) is 0 Å². The number of thiazole rings is 1. The molecule has 0 aliphatic rings. The molecule has 1 unspecified atom stereocenters. The molecule has 0 aliphatic heterocycles. The molecule has 1 atom stereocenters. The Bertz CT molecular complexity index is 239. The third kappa shape index (κ3) is 2.54. The summed E-state index contributed by atoms with van der Waals surface area (Å²) in [6.07, 6.45) is 2.67. The summed E-state index contributed by atoms with van der Waals surface area (Å²) in [5.74, 6) is 0.